The molecule has 0 bridgehead atoms. The first-order chi connectivity index (χ1) is 30.1. The SMILES string of the molecule is COc1ccc(-c2ccnc(-c3[c-]c(-c4cccc5c4nc(-c4cc(C(C)(C)C)cc(C(C)(C)C)c4O)n5-c4ccc(C(C)(C)C)cc4-c4ccccc4)cc(C(C)(C)C)c3)c2)cc1.[Pt]. The van der Waals surface area contributed by atoms with Gasteiger partial charge in [-0.3, -0.25) is 9.55 Å². The zero-order valence-electron chi connectivity index (χ0n) is 40.2. The second kappa shape index (κ2) is 17.6. The van der Waals surface area contributed by atoms with Gasteiger partial charge in [0.25, 0.3) is 0 Å². The van der Waals surface area contributed by atoms with Crippen molar-refractivity contribution in [1.82, 2.24) is 14.5 Å². The molecule has 0 amide bonds. The number of rotatable bonds is 7. The minimum absolute atomic E-state index is 0. The number of ether oxygens (including phenoxy) is 1. The van der Waals surface area contributed by atoms with Crippen LogP contribution in [0.2, 0.25) is 0 Å². The number of pyridine rings is 1. The van der Waals surface area contributed by atoms with Crippen LogP contribution in [0.1, 0.15) is 105 Å². The molecule has 0 aliphatic carbocycles. The third kappa shape index (κ3) is 9.50. The third-order valence-corrected chi connectivity index (χ3v) is 12.4. The van der Waals surface area contributed by atoms with E-state index >= 15 is 0 Å². The van der Waals surface area contributed by atoms with E-state index < -0.39 is 0 Å². The molecular weight excluding hydrogens is 978 g/mol. The Bertz CT molecular complexity index is 3010. The van der Waals surface area contributed by atoms with E-state index in [-0.39, 0.29) is 48.5 Å². The summed E-state index contributed by atoms with van der Waals surface area (Å²) in [6, 6.07) is 48.8. The molecule has 0 atom stereocenters. The van der Waals surface area contributed by atoms with Crippen LogP contribution >= 0.6 is 0 Å². The largest absolute Gasteiger partial charge is 0.507 e. The number of para-hydroxylation sites is 1. The van der Waals surface area contributed by atoms with Crippen molar-refractivity contribution in [3.8, 4) is 73.2 Å². The summed E-state index contributed by atoms with van der Waals surface area (Å²) in [6.45, 7) is 26.7. The predicted octanol–water partition coefficient (Wildman–Crippen LogP) is 15.5. The van der Waals surface area contributed by atoms with Crippen LogP contribution in [0.3, 0.4) is 0 Å². The van der Waals surface area contributed by atoms with Crippen molar-refractivity contribution >= 4 is 11.0 Å². The Morgan fingerprint density at radius 2 is 1.17 bits per heavy atom. The van der Waals surface area contributed by atoms with Crippen molar-refractivity contribution in [2.45, 2.75) is 105 Å². The van der Waals surface area contributed by atoms with E-state index in [9.17, 15) is 5.11 Å². The maximum absolute atomic E-state index is 12.5. The number of phenols is 1. The number of hydrogen-bond donors (Lipinski definition) is 1. The average Bonchev–Trinajstić information content (AvgIpc) is 3.64. The zero-order valence-corrected chi connectivity index (χ0v) is 42.5. The Balaban J connectivity index is 0.00000630. The smallest absolute Gasteiger partial charge is 0.148 e. The van der Waals surface area contributed by atoms with E-state index in [1.54, 1.807) is 7.11 Å². The summed E-state index contributed by atoms with van der Waals surface area (Å²) in [5.41, 5.74) is 15.1. The van der Waals surface area contributed by atoms with Crippen molar-refractivity contribution in [2.75, 3.05) is 7.11 Å². The van der Waals surface area contributed by atoms with Crippen molar-refractivity contribution in [3.05, 3.63) is 162 Å². The molecule has 0 fully saturated rings. The summed E-state index contributed by atoms with van der Waals surface area (Å²) >= 11 is 0. The Morgan fingerprint density at radius 3 is 1.80 bits per heavy atom. The van der Waals surface area contributed by atoms with Gasteiger partial charge in [-0.25, -0.2) is 4.98 Å². The summed E-state index contributed by atoms with van der Waals surface area (Å²) in [4.78, 5) is 10.6. The summed E-state index contributed by atoms with van der Waals surface area (Å²) in [5, 5.41) is 12.5. The van der Waals surface area contributed by atoms with E-state index in [4.69, 9.17) is 14.7 Å². The predicted molar refractivity (Wildman–Crippen MR) is 268 cm³/mol. The number of benzene rings is 6. The van der Waals surface area contributed by atoms with Crippen molar-refractivity contribution in [1.29, 1.82) is 0 Å². The van der Waals surface area contributed by atoms with E-state index in [2.05, 4.69) is 203 Å². The van der Waals surface area contributed by atoms with Gasteiger partial charge in [-0.1, -0.05) is 167 Å². The maximum atomic E-state index is 12.5. The fourth-order valence-corrected chi connectivity index (χ4v) is 8.42. The van der Waals surface area contributed by atoms with Gasteiger partial charge in [-0.05, 0) is 91.9 Å². The quantitative estimate of drug-likeness (QED) is 0.162. The number of aromatic hydroxyl groups is 1. The minimum atomic E-state index is -0.330. The number of aromatic nitrogens is 3. The number of nitrogens with zero attached hydrogens (tertiary/aromatic N) is 3. The molecule has 1 N–H and O–H groups in total. The Labute approximate surface area is 401 Å². The van der Waals surface area contributed by atoms with Crippen molar-refractivity contribution < 1.29 is 30.9 Å². The van der Waals surface area contributed by atoms with Gasteiger partial charge in [-0.15, -0.1) is 29.3 Å². The molecule has 0 radical (unpaired) electrons. The Hall–Kier alpha value is -5.77. The second-order valence-electron chi connectivity index (χ2n) is 21.3. The molecule has 8 rings (SSSR count). The van der Waals surface area contributed by atoms with Gasteiger partial charge in [0.2, 0.25) is 0 Å². The fraction of sp³-hybridized carbons (Fsp3) is 0.288. The number of hydrogen-bond acceptors (Lipinski definition) is 4. The maximum Gasteiger partial charge on any atom is 0.148 e. The number of methoxy groups -OCH3 is 1. The molecule has 0 saturated heterocycles. The first-order valence-corrected chi connectivity index (χ1v) is 22.4. The van der Waals surface area contributed by atoms with Crippen molar-refractivity contribution in [3.63, 3.8) is 0 Å². The van der Waals surface area contributed by atoms with Gasteiger partial charge in [0.1, 0.15) is 17.3 Å². The van der Waals surface area contributed by atoms with Crippen LogP contribution in [-0.4, -0.2) is 26.8 Å². The average molecular weight is 1040 g/mol. The molecule has 8 aromatic rings. The molecule has 0 aliphatic rings. The van der Waals surface area contributed by atoms with Crippen LogP contribution < -0.4 is 4.74 Å². The Kier molecular flexibility index (Phi) is 12.7. The summed E-state index contributed by atoms with van der Waals surface area (Å²) < 4.78 is 7.71. The molecule has 6 heteroatoms. The molecule has 0 aliphatic heterocycles. The molecule has 65 heavy (non-hydrogen) atoms. The summed E-state index contributed by atoms with van der Waals surface area (Å²) in [5.74, 6) is 1.74. The zero-order chi connectivity index (χ0) is 45.9. The molecule has 2 heterocycles. The topological polar surface area (TPSA) is 60.2 Å². The van der Waals surface area contributed by atoms with Crippen LogP contribution in [0.4, 0.5) is 0 Å². The third-order valence-electron chi connectivity index (χ3n) is 12.4. The molecule has 0 unspecified atom stereocenters. The van der Waals surface area contributed by atoms with Crippen LogP contribution in [0, 0.1) is 6.07 Å². The van der Waals surface area contributed by atoms with Crippen LogP contribution in [-0.2, 0) is 42.7 Å². The minimum Gasteiger partial charge on any atom is -0.507 e. The van der Waals surface area contributed by atoms with Gasteiger partial charge in [0, 0.05) is 44.1 Å². The molecule has 5 nitrogen and oxygen atoms in total. The van der Waals surface area contributed by atoms with E-state index in [1.807, 2.05) is 24.4 Å². The standard InChI is InChI=1S/C59H62N3O2.Pt/c1-56(2,3)42-24-27-51(47(34-42)38-18-15-14-16-19-38)62-52-21-17-20-46(53(52)61-55(62)48-35-44(58(7,8)9)36-49(54(48)63)59(10,11)12)40-30-41(32-43(31-40)57(4,5)6)50-33-39(28-29-60-50)37-22-25-45(64-13)26-23-37;/h14-29,31-36,63H,1-13H3;/q-1;. The number of fused-ring (bicyclic) bond motifs is 1. The van der Waals surface area contributed by atoms with Crippen LogP contribution in [0.25, 0.3) is 72.7 Å². The van der Waals surface area contributed by atoms with Gasteiger partial charge in [-0.2, -0.15) is 0 Å². The molecule has 6 aromatic carbocycles. The summed E-state index contributed by atoms with van der Waals surface area (Å²) in [7, 11) is 1.68. The number of imidazole rings is 1. The molecule has 0 saturated carbocycles. The molecule has 336 valence electrons. The van der Waals surface area contributed by atoms with Gasteiger partial charge >= 0.3 is 0 Å². The first kappa shape index (κ1) is 47.2. The number of phenolic OH excluding ortho intramolecular Hbond substituents is 1. The fourth-order valence-electron chi connectivity index (χ4n) is 8.42. The van der Waals surface area contributed by atoms with E-state index in [0.29, 0.717) is 11.4 Å². The molecular formula is C59H62N3O2Pt-. The molecule has 2 aromatic heterocycles. The van der Waals surface area contributed by atoms with Crippen LogP contribution in [0.15, 0.2) is 134 Å². The normalized spacial score (nSPS) is 12.3. The van der Waals surface area contributed by atoms with E-state index in [0.717, 1.165) is 78.2 Å². The molecule has 0 spiro atoms. The summed E-state index contributed by atoms with van der Waals surface area (Å²) in [6.07, 6.45) is 1.88. The Morgan fingerprint density at radius 1 is 0.538 bits per heavy atom. The van der Waals surface area contributed by atoms with Crippen molar-refractivity contribution in [2.24, 2.45) is 0 Å². The van der Waals surface area contributed by atoms with Gasteiger partial charge < -0.3 is 9.84 Å². The second-order valence-corrected chi connectivity index (χ2v) is 21.3. The first-order valence-electron chi connectivity index (χ1n) is 22.4. The van der Waals surface area contributed by atoms with Gasteiger partial charge in [0.05, 0.1) is 29.4 Å². The van der Waals surface area contributed by atoms with Crippen LogP contribution in [0.5, 0.6) is 11.5 Å². The van der Waals surface area contributed by atoms with Gasteiger partial charge in [0.15, 0.2) is 0 Å². The monoisotopic (exact) mass is 1040 g/mol. The van der Waals surface area contributed by atoms with E-state index in [1.165, 1.54) is 11.1 Å².